The van der Waals surface area contributed by atoms with E-state index in [-0.39, 0.29) is 12.5 Å². The molecule has 0 bridgehead atoms. The molecular weight excluding hydrogens is 245 g/mol. The van der Waals surface area contributed by atoms with Crippen LogP contribution in [0.5, 0.6) is 0 Å². The molecule has 0 aliphatic rings. The third-order valence-electron chi connectivity index (χ3n) is 2.22. The minimum Gasteiger partial charge on any atom is -0.385 e. The Bertz CT molecular complexity index is 237. The zero-order valence-corrected chi connectivity index (χ0v) is 11.2. The molecule has 2 unspecified atom stereocenters. The fourth-order valence-electron chi connectivity index (χ4n) is 1.23. The van der Waals surface area contributed by atoms with Gasteiger partial charge in [-0.15, -0.1) is 9.42 Å². The lowest BCUT2D eigenvalue weighted by molar-refractivity contribution is -0.121. The lowest BCUT2D eigenvalue weighted by atomic mass is 10.2. The molecule has 100 valence electrons. The normalized spacial score (nSPS) is 13.2. The molecule has 2 N–H and O–H groups in total. The number of carbonyl (C=O) groups excluding carboxylic acids is 1. The number of ether oxygens (including phenoxy) is 1. The van der Waals surface area contributed by atoms with Crippen molar-refractivity contribution in [3.8, 4) is 0 Å². The molecule has 7 heteroatoms. The molecule has 1 amide bonds. The molecule has 2 atom stereocenters. The van der Waals surface area contributed by atoms with Gasteiger partial charge in [-0.1, -0.05) is 6.92 Å². The summed E-state index contributed by atoms with van der Waals surface area (Å²) in [6.07, 6.45) is 2.22. The molecule has 0 aromatic carbocycles. The number of hydrogen-bond donors (Lipinski definition) is 2. The molecule has 0 rings (SSSR count). The maximum Gasteiger partial charge on any atom is 0.695 e. The van der Waals surface area contributed by atoms with Crippen molar-refractivity contribution in [1.82, 2.24) is 5.32 Å². The highest BCUT2D eigenvalue weighted by Crippen LogP contribution is 2.19. The van der Waals surface area contributed by atoms with Crippen molar-refractivity contribution >= 4 is 14.2 Å². The van der Waals surface area contributed by atoms with Gasteiger partial charge >= 0.3 is 8.25 Å². The van der Waals surface area contributed by atoms with E-state index in [9.17, 15) is 9.36 Å². The van der Waals surface area contributed by atoms with Gasteiger partial charge in [-0.2, -0.15) is 0 Å². The van der Waals surface area contributed by atoms with E-state index in [0.29, 0.717) is 19.4 Å². The number of amides is 1. The topological polar surface area (TPSA) is 84.9 Å². The summed E-state index contributed by atoms with van der Waals surface area (Å²) in [5, 5.41) is 2.67. The van der Waals surface area contributed by atoms with Gasteiger partial charge in [0.25, 0.3) is 0 Å². The number of unbranched alkanes of at least 4 members (excludes halogenated alkanes) is 1. The minimum atomic E-state index is -2.61. The third kappa shape index (κ3) is 10.3. The maximum atomic E-state index is 11.4. The molecule has 6 nitrogen and oxygen atoms in total. The van der Waals surface area contributed by atoms with Gasteiger partial charge < -0.3 is 10.1 Å². The number of carbonyl (C=O) groups is 1. The highest BCUT2D eigenvalue weighted by atomic mass is 31.1. The van der Waals surface area contributed by atoms with Crippen molar-refractivity contribution in [3.63, 3.8) is 0 Å². The van der Waals surface area contributed by atoms with Crippen LogP contribution in [-0.4, -0.2) is 37.2 Å². The van der Waals surface area contributed by atoms with Crippen molar-refractivity contribution < 1.29 is 23.5 Å². The molecule has 0 spiro atoms. The molecule has 0 heterocycles. The first-order valence-electron chi connectivity index (χ1n) is 5.68. The van der Waals surface area contributed by atoms with Gasteiger partial charge in [-0.05, 0) is 19.3 Å². The van der Waals surface area contributed by atoms with Gasteiger partial charge in [-0.3, -0.25) is 4.79 Å². The second-order valence-corrected chi connectivity index (χ2v) is 4.31. The fourth-order valence-corrected chi connectivity index (χ4v) is 1.71. The van der Waals surface area contributed by atoms with Crippen LogP contribution < -0.4 is 5.32 Å². The van der Waals surface area contributed by atoms with Gasteiger partial charge in [-0.25, -0.2) is 0 Å². The average molecular weight is 266 g/mol. The van der Waals surface area contributed by atoms with Gasteiger partial charge in [0.05, 0.1) is 0 Å². The van der Waals surface area contributed by atoms with Crippen LogP contribution in [0.1, 0.15) is 32.6 Å². The van der Waals surface area contributed by atoms with Crippen LogP contribution in [0.3, 0.4) is 0 Å². The molecule has 17 heavy (non-hydrogen) atoms. The summed E-state index contributed by atoms with van der Waals surface area (Å²) in [6.45, 7) is 2.74. The zero-order chi connectivity index (χ0) is 13.1. The summed E-state index contributed by atoms with van der Waals surface area (Å²) in [5.41, 5.74) is 0. The first-order chi connectivity index (χ1) is 8.10. The van der Waals surface area contributed by atoms with Crippen molar-refractivity contribution in [2.45, 2.75) is 38.7 Å². The fraction of sp³-hybridized carbons (Fsp3) is 0.900. The van der Waals surface area contributed by atoms with Crippen molar-refractivity contribution in [2.24, 2.45) is 0 Å². The Kier molecular flexibility index (Phi) is 10.3. The van der Waals surface area contributed by atoms with Crippen LogP contribution in [0.4, 0.5) is 0 Å². The van der Waals surface area contributed by atoms with Crippen molar-refractivity contribution in [3.05, 3.63) is 0 Å². The summed E-state index contributed by atoms with van der Waals surface area (Å²) < 4.78 is 20.1. The minimum absolute atomic E-state index is 0.0729. The van der Waals surface area contributed by atoms with Crippen molar-refractivity contribution in [2.75, 3.05) is 20.3 Å². The van der Waals surface area contributed by atoms with E-state index in [2.05, 4.69) is 5.32 Å². The molecule has 0 aromatic rings. The Balaban J connectivity index is 3.62. The van der Waals surface area contributed by atoms with Crippen LogP contribution in [0.15, 0.2) is 0 Å². The summed E-state index contributed by atoms with van der Waals surface area (Å²) in [5.74, 6) is -0.0729. The lowest BCUT2D eigenvalue weighted by Gasteiger charge is -2.09. The average Bonchev–Trinajstić information content (AvgIpc) is 2.29. The molecule has 0 aliphatic heterocycles. The SMILES string of the molecule is CCC(CNC(=O)CCCCOC)O[P+](=O)O. The van der Waals surface area contributed by atoms with Gasteiger partial charge in [0.2, 0.25) is 5.91 Å². The van der Waals surface area contributed by atoms with Crippen LogP contribution in [0, 0.1) is 0 Å². The van der Waals surface area contributed by atoms with E-state index in [0.717, 1.165) is 12.8 Å². The predicted molar refractivity (Wildman–Crippen MR) is 63.7 cm³/mol. The summed E-state index contributed by atoms with van der Waals surface area (Å²) in [6, 6.07) is 0. The van der Waals surface area contributed by atoms with E-state index in [1.807, 2.05) is 6.92 Å². The van der Waals surface area contributed by atoms with Crippen LogP contribution in [0.25, 0.3) is 0 Å². The number of methoxy groups -OCH3 is 1. The molecule has 0 saturated carbocycles. The molecule has 0 aliphatic carbocycles. The standard InChI is InChI=1S/C10H20NO5P/c1-3-9(16-17(13)14)8-11-10(12)6-4-5-7-15-2/h9H,3-8H2,1-2H3,(H-,11,12,13,14)/p+1. The van der Waals surface area contributed by atoms with E-state index < -0.39 is 14.4 Å². The van der Waals surface area contributed by atoms with E-state index in [4.69, 9.17) is 14.2 Å². The first-order valence-corrected chi connectivity index (χ1v) is 6.81. The van der Waals surface area contributed by atoms with E-state index >= 15 is 0 Å². The van der Waals surface area contributed by atoms with E-state index in [1.165, 1.54) is 0 Å². The van der Waals surface area contributed by atoms with Gasteiger partial charge in [0.1, 0.15) is 6.10 Å². The third-order valence-corrected chi connectivity index (χ3v) is 2.70. The second-order valence-electron chi connectivity index (χ2n) is 3.63. The highest BCUT2D eigenvalue weighted by molar-refractivity contribution is 7.32. The zero-order valence-electron chi connectivity index (χ0n) is 10.3. The lowest BCUT2D eigenvalue weighted by Crippen LogP contribution is -2.32. The number of hydrogen-bond acceptors (Lipinski definition) is 4. The van der Waals surface area contributed by atoms with Crippen LogP contribution in [0.2, 0.25) is 0 Å². The number of nitrogens with one attached hydrogen (secondary N) is 1. The van der Waals surface area contributed by atoms with Crippen LogP contribution in [-0.2, 0) is 18.6 Å². The quantitative estimate of drug-likeness (QED) is 0.460. The molecule has 0 aromatic heterocycles. The Morgan fingerprint density at radius 2 is 2.18 bits per heavy atom. The Labute approximate surface area is 103 Å². The van der Waals surface area contributed by atoms with Crippen molar-refractivity contribution in [1.29, 1.82) is 0 Å². The molecule has 0 radical (unpaired) electrons. The molecule has 0 saturated heterocycles. The van der Waals surface area contributed by atoms with Gasteiger partial charge in [0, 0.05) is 31.2 Å². The number of rotatable bonds is 10. The predicted octanol–water partition coefficient (Wildman–Crippen LogP) is 1.36. The summed E-state index contributed by atoms with van der Waals surface area (Å²) in [4.78, 5) is 19.9. The summed E-state index contributed by atoms with van der Waals surface area (Å²) in [7, 11) is -0.986. The van der Waals surface area contributed by atoms with Gasteiger partial charge in [0.15, 0.2) is 0 Å². The molecular formula is C10H21NO5P+. The second kappa shape index (κ2) is 10.6. The van der Waals surface area contributed by atoms with E-state index in [1.54, 1.807) is 7.11 Å². The molecule has 0 fully saturated rings. The first kappa shape index (κ1) is 16.4. The Morgan fingerprint density at radius 1 is 1.47 bits per heavy atom. The highest BCUT2D eigenvalue weighted by Gasteiger charge is 2.21. The Hall–Kier alpha value is -0.550. The monoisotopic (exact) mass is 266 g/mol. The van der Waals surface area contributed by atoms with Crippen LogP contribution >= 0.6 is 8.25 Å². The summed E-state index contributed by atoms with van der Waals surface area (Å²) >= 11 is 0. The smallest absolute Gasteiger partial charge is 0.385 e. The Morgan fingerprint density at radius 3 is 2.71 bits per heavy atom. The largest absolute Gasteiger partial charge is 0.695 e. The maximum absolute atomic E-state index is 11.4.